The summed E-state index contributed by atoms with van der Waals surface area (Å²) in [5.41, 5.74) is 4.02. The lowest BCUT2D eigenvalue weighted by Gasteiger charge is -2.12. The number of hydrogen-bond acceptors (Lipinski definition) is 8. The number of hydrogen-bond donors (Lipinski definition) is 1. The molecular formula is C18H20N8O2S. The Labute approximate surface area is 170 Å². The van der Waals surface area contributed by atoms with Crippen molar-refractivity contribution in [3.63, 3.8) is 0 Å². The molecule has 0 aliphatic heterocycles. The van der Waals surface area contributed by atoms with E-state index in [0.717, 1.165) is 22.5 Å². The van der Waals surface area contributed by atoms with Gasteiger partial charge in [-0.25, -0.2) is 14.6 Å². The highest BCUT2D eigenvalue weighted by Crippen LogP contribution is 2.21. The summed E-state index contributed by atoms with van der Waals surface area (Å²) in [6.07, 6.45) is 5.08. The highest BCUT2D eigenvalue weighted by molar-refractivity contribution is 7.51. The van der Waals surface area contributed by atoms with Gasteiger partial charge in [-0.1, -0.05) is 32.0 Å². The molecule has 0 saturated heterocycles. The van der Waals surface area contributed by atoms with E-state index in [2.05, 4.69) is 50.4 Å². The Morgan fingerprint density at radius 2 is 1.90 bits per heavy atom. The van der Waals surface area contributed by atoms with Crippen LogP contribution in [0.3, 0.4) is 0 Å². The van der Waals surface area contributed by atoms with Gasteiger partial charge in [0.2, 0.25) is 5.95 Å². The van der Waals surface area contributed by atoms with Crippen LogP contribution < -0.4 is 5.32 Å². The number of fused-ring (bicyclic) bond motifs is 1. The van der Waals surface area contributed by atoms with Crippen molar-refractivity contribution in [3.05, 3.63) is 60.1 Å². The average molecular weight is 412 g/mol. The first-order chi connectivity index (χ1) is 14.0. The van der Waals surface area contributed by atoms with Gasteiger partial charge in [-0.3, -0.25) is 0 Å². The highest BCUT2D eigenvalue weighted by atomic mass is 32.1. The van der Waals surface area contributed by atoms with Gasteiger partial charge in [-0.05, 0) is 24.5 Å². The third-order valence-corrected chi connectivity index (χ3v) is 4.22. The highest BCUT2D eigenvalue weighted by Gasteiger charge is 2.14. The zero-order chi connectivity index (χ0) is 20.8. The Balaban J connectivity index is 0.000000755. The number of nitrogens with one attached hydrogen (secondary N) is 1. The zero-order valence-electron chi connectivity index (χ0n) is 16.2. The summed E-state index contributed by atoms with van der Waals surface area (Å²) in [7, 11) is 0. The second-order valence-corrected chi connectivity index (χ2v) is 6.61. The second kappa shape index (κ2) is 9.15. The van der Waals surface area contributed by atoms with Crippen molar-refractivity contribution in [1.82, 2.24) is 34.3 Å². The van der Waals surface area contributed by atoms with E-state index in [4.69, 9.17) is 8.42 Å². The second-order valence-electron chi connectivity index (χ2n) is 6.47. The van der Waals surface area contributed by atoms with Crippen LogP contribution in [0, 0.1) is 6.92 Å². The van der Waals surface area contributed by atoms with Crippen molar-refractivity contribution < 1.29 is 8.42 Å². The lowest BCUT2D eigenvalue weighted by molar-refractivity contribution is 0.630. The predicted molar refractivity (Wildman–Crippen MR) is 107 cm³/mol. The molecule has 0 unspecified atom stereocenters. The SMILES string of the molecule is Cc1nc(NCc2ccccc2-n2cncn2)n2ncc(C(C)C)c2n1.O=S=O. The minimum absolute atomic E-state index is 0.350. The number of anilines is 1. The van der Waals surface area contributed by atoms with E-state index in [1.807, 2.05) is 31.3 Å². The number of para-hydroxylation sites is 1. The van der Waals surface area contributed by atoms with Crippen LogP contribution in [0.15, 0.2) is 43.1 Å². The van der Waals surface area contributed by atoms with Crippen molar-refractivity contribution in [3.8, 4) is 5.69 Å². The molecule has 11 heteroatoms. The first-order valence-corrected chi connectivity index (χ1v) is 9.52. The third-order valence-electron chi connectivity index (χ3n) is 4.22. The molecule has 0 atom stereocenters. The Hall–Kier alpha value is -3.47. The van der Waals surface area contributed by atoms with Gasteiger partial charge in [0, 0.05) is 12.1 Å². The molecule has 3 aromatic heterocycles. The van der Waals surface area contributed by atoms with Gasteiger partial charge >= 0.3 is 11.6 Å². The maximum absolute atomic E-state index is 8.29. The largest absolute Gasteiger partial charge is 0.350 e. The smallest absolute Gasteiger partial charge is 0.335 e. The van der Waals surface area contributed by atoms with Crippen LogP contribution in [0.25, 0.3) is 11.3 Å². The van der Waals surface area contributed by atoms with Gasteiger partial charge in [-0.15, -0.1) is 0 Å². The molecule has 0 spiro atoms. The molecule has 0 fully saturated rings. The van der Waals surface area contributed by atoms with Crippen LogP contribution in [0.4, 0.5) is 5.95 Å². The molecule has 4 rings (SSSR count). The normalized spacial score (nSPS) is 10.6. The number of nitrogens with zero attached hydrogens (tertiary/aromatic N) is 7. The quantitative estimate of drug-likeness (QED) is 0.529. The number of rotatable bonds is 5. The minimum Gasteiger partial charge on any atom is -0.350 e. The Morgan fingerprint density at radius 1 is 1.14 bits per heavy atom. The van der Waals surface area contributed by atoms with Crippen molar-refractivity contribution in [2.75, 3.05) is 5.32 Å². The monoisotopic (exact) mass is 412 g/mol. The molecule has 0 bridgehead atoms. The van der Waals surface area contributed by atoms with Crippen molar-refractivity contribution in [1.29, 1.82) is 0 Å². The van der Waals surface area contributed by atoms with Gasteiger partial charge < -0.3 is 5.32 Å². The fourth-order valence-electron chi connectivity index (χ4n) is 2.91. The first-order valence-electron chi connectivity index (χ1n) is 8.86. The van der Waals surface area contributed by atoms with Crippen LogP contribution in [-0.2, 0) is 18.1 Å². The van der Waals surface area contributed by atoms with Crippen molar-refractivity contribution in [2.24, 2.45) is 0 Å². The number of benzene rings is 1. The maximum Gasteiger partial charge on any atom is 0.335 e. The van der Waals surface area contributed by atoms with E-state index in [9.17, 15) is 0 Å². The summed E-state index contributed by atoms with van der Waals surface area (Å²) >= 11 is -0.750. The molecule has 1 N–H and O–H groups in total. The molecule has 4 aromatic rings. The molecule has 0 amide bonds. The van der Waals surface area contributed by atoms with E-state index in [1.54, 1.807) is 15.5 Å². The molecule has 29 heavy (non-hydrogen) atoms. The van der Waals surface area contributed by atoms with Gasteiger partial charge in [-0.2, -0.15) is 28.1 Å². The van der Waals surface area contributed by atoms with Crippen LogP contribution >= 0.6 is 0 Å². The predicted octanol–water partition coefficient (Wildman–Crippen LogP) is 2.08. The molecule has 1 aromatic carbocycles. The molecule has 0 radical (unpaired) electrons. The van der Waals surface area contributed by atoms with E-state index in [0.29, 0.717) is 24.2 Å². The third kappa shape index (κ3) is 4.51. The topological polar surface area (TPSA) is 120 Å². The van der Waals surface area contributed by atoms with E-state index in [-0.39, 0.29) is 0 Å². The molecule has 0 aliphatic carbocycles. The van der Waals surface area contributed by atoms with Crippen LogP contribution in [-0.4, -0.2) is 42.8 Å². The summed E-state index contributed by atoms with van der Waals surface area (Å²) in [5, 5.41) is 12.1. The molecule has 0 saturated carbocycles. The lowest BCUT2D eigenvalue weighted by Crippen LogP contribution is -2.11. The van der Waals surface area contributed by atoms with Gasteiger partial charge in [0.15, 0.2) is 5.65 Å². The van der Waals surface area contributed by atoms with E-state index in [1.165, 1.54) is 6.33 Å². The molecule has 3 heterocycles. The van der Waals surface area contributed by atoms with Gasteiger partial charge in [0.1, 0.15) is 18.5 Å². The minimum atomic E-state index is -0.750. The summed E-state index contributed by atoms with van der Waals surface area (Å²) in [5.74, 6) is 1.74. The molecular weight excluding hydrogens is 392 g/mol. The Morgan fingerprint density at radius 3 is 2.59 bits per heavy atom. The van der Waals surface area contributed by atoms with Gasteiger partial charge in [0.05, 0.1) is 11.9 Å². The summed E-state index contributed by atoms with van der Waals surface area (Å²) < 4.78 is 20.1. The fraction of sp³-hybridized carbons (Fsp3) is 0.278. The van der Waals surface area contributed by atoms with E-state index >= 15 is 0 Å². The standard InChI is InChI=1S/C18H20N8.O2S/c1-12(2)15-9-21-26-17(15)23-13(3)24-18(26)20-8-14-6-4-5-7-16(14)25-11-19-10-22-25;1-3-2/h4-7,9-12H,8H2,1-3H3,(H,20,23,24);. The number of aryl methyl sites for hydroxylation is 1. The molecule has 10 nitrogen and oxygen atoms in total. The lowest BCUT2D eigenvalue weighted by atomic mass is 10.1. The number of aromatic nitrogens is 7. The summed E-state index contributed by atoms with van der Waals surface area (Å²) in [6, 6.07) is 8.05. The average Bonchev–Trinajstić information content (AvgIpc) is 3.37. The zero-order valence-corrected chi connectivity index (χ0v) is 17.0. The fourth-order valence-corrected chi connectivity index (χ4v) is 2.91. The Kier molecular flexibility index (Phi) is 6.39. The van der Waals surface area contributed by atoms with Crippen LogP contribution in [0.5, 0.6) is 0 Å². The van der Waals surface area contributed by atoms with Crippen molar-refractivity contribution in [2.45, 2.75) is 33.2 Å². The maximum atomic E-state index is 8.29. The van der Waals surface area contributed by atoms with Crippen LogP contribution in [0.1, 0.15) is 36.7 Å². The van der Waals surface area contributed by atoms with Crippen molar-refractivity contribution >= 4 is 23.2 Å². The molecule has 150 valence electrons. The Bertz CT molecular complexity index is 1130. The first kappa shape index (κ1) is 20.3. The van der Waals surface area contributed by atoms with Gasteiger partial charge in [0.25, 0.3) is 0 Å². The summed E-state index contributed by atoms with van der Waals surface area (Å²) in [6.45, 7) is 6.75. The van der Waals surface area contributed by atoms with Crippen LogP contribution in [0.2, 0.25) is 0 Å². The van der Waals surface area contributed by atoms with E-state index < -0.39 is 11.6 Å². The molecule has 0 aliphatic rings. The summed E-state index contributed by atoms with van der Waals surface area (Å²) in [4.78, 5) is 13.1.